The molecule has 2 aliphatic rings. The first-order valence-electron chi connectivity index (χ1n) is 9.60. The normalized spacial score (nSPS) is 11.9. The lowest BCUT2D eigenvalue weighted by Crippen LogP contribution is -2.29. The highest BCUT2D eigenvalue weighted by Crippen LogP contribution is 2.31. The van der Waals surface area contributed by atoms with Crippen molar-refractivity contribution < 1.29 is 17.9 Å². The zero-order valence-corrected chi connectivity index (χ0v) is 17.4. The summed E-state index contributed by atoms with van der Waals surface area (Å²) in [7, 11) is 0. The number of alkyl halides is 3. The molecule has 0 radical (unpaired) electrons. The molecule has 2 aliphatic heterocycles. The second kappa shape index (κ2) is 8.27. The van der Waals surface area contributed by atoms with Gasteiger partial charge in [0.1, 0.15) is 12.4 Å². The van der Waals surface area contributed by atoms with Crippen LogP contribution in [0.5, 0.6) is 5.75 Å². The number of ether oxygens (including phenoxy) is 1. The molecule has 0 bridgehead atoms. The molecule has 2 aromatic carbocycles. The van der Waals surface area contributed by atoms with Gasteiger partial charge in [0.25, 0.3) is 5.56 Å². The van der Waals surface area contributed by atoms with E-state index in [1.54, 1.807) is 16.7 Å². The summed E-state index contributed by atoms with van der Waals surface area (Å²) in [5.41, 5.74) is -0.634. The van der Waals surface area contributed by atoms with Crippen LogP contribution in [-0.4, -0.2) is 26.1 Å². The maximum Gasteiger partial charge on any atom is 0.416 e. The highest BCUT2D eigenvalue weighted by atomic mass is 35.5. The molecule has 2 heterocycles. The average molecular weight is 465 g/mol. The maximum absolute atomic E-state index is 12.9. The van der Waals surface area contributed by atoms with Gasteiger partial charge in [-0.05, 0) is 42.3 Å². The summed E-state index contributed by atoms with van der Waals surface area (Å²) in [6.07, 6.45) is -3.86. The van der Waals surface area contributed by atoms with Crippen molar-refractivity contribution >= 4 is 22.6 Å². The van der Waals surface area contributed by atoms with Gasteiger partial charge in [-0.25, -0.2) is 9.78 Å². The average Bonchev–Trinajstić information content (AvgIpc) is 2.73. The molecule has 0 saturated heterocycles. The zero-order valence-electron chi connectivity index (χ0n) is 16.7. The Morgan fingerprint density at radius 2 is 1.94 bits per heavy atom. The summed E-state index contributed by atoms with van der Waals surface area (Å²) in [5.74, 6) is 0.0824. The van der Waals surface area contributed by atoms with Crippen LogP contribution in [0.2, 0.25) is 5.02 Å². The minimum absolute atomic E-state index is 0.0377. The van der Waals surface area contributed by atoms with Gasteiger partial charge in [0, 0.05) is 5.02 Å². The largest absolute Gasteiger partial charge is 0.492 e. The van der Waals surface area contributed by atoms with Gasteiger partial charge in [0.05, 0.1) is 23.1 Å². The lowest BCUT2D eigenvalue weighted by molar-refractivity contribution is -0.137. The standard InChI is InChI=1S/C21H16ClF3N4O3/c1-2-11-8-16-15(10-14(11)22)26-17-18(27-20(31)28-19(17)30)29(16)6-7-32-13-5-3-4-12(9-13)21(23,24)25/h3-5,8-10H,2,6-7H2,1H3,(H,28,30,31). The van der Waals surface area contributed by atoms with Crippen LogP contribution in [-0.2, 0) is 19.1 Å². The Kier molecular flexibility index (Phi) is 5.64. The first-order valence-corrected chi connectivity index (χ1v) is 9.98. The van der Waals surface area contributed by atoms with Crippen molar-refractivity contribution in [2.75, 3.05) is 6.61 Å². The van der Waals surface area contributed by atoms with Gasteiger partial charge >= 0.3 is 11.9 Å². The summed E-state index contributed by atoms with van der Waals surface area (Å²) in [6, 6.07) is 7.92. The quantitative estimate of drug-likeness (QED) is 0.452. The van der Waals surface area contributed by atoms with Gasteiger partial charge in [-0.1, -0.05) is 24.6 Å². The Bertz CT molecular complexity index is 1400. The molecule has 0 saturated carbocycles. The Morgan fingerprint density at radius 1 is 1.16 bits per heavy atom. The third-order valence-electron chi connectivity index (χ3n) is 4.90. The first kappa shape index (κ1) is 21.8. The number of nitrogens with zero attached hydrogens (tertiary/aromatic N) is 3. The minimum Gasteiger partial charge on any atom is -0.492 e. The van der Waals surface area contributed by atoms with E-state index in [0.717, 1.165) is 17.7 Å². The van der Waals surface area contributed by atoms with Crippen molar-refractivity contribution in [3.63, 3.8) is 0 Å². The van der Waals surface area contributed by atoms with Gasteiger partial charge in [-0.2, -0.15) is 18.2 Å². The van der Waals surface area contributed by atoms with Crippen LogP contribution >= 0.6 is 11.6 Å². The van der Waals surface area contributed by atoms with Crippen molar-refractivity contribution in [2.45, 2.75) is 26.1 Å². The number of hydrogen-bond donors (Lipinski definition) is 1. The Hall–Kier alpha value is -3.40. The van der Waals surface area contributed by atoms with E-state index in [0.29, 0.717) is 22.5 Å². The van der Waals surface area contributed by atoms with E-state index in [4.69, 9.17) is 16.3 Å². The number of benzene rings is 2. The minimum atomic E-state index is -4.49. The van der Waals surface area contributed by atoms with Gasteiger partial charge in [-0.15, -0.1) is 0 Å². The van der Waals surface area contributed by atoms with Gasteiger partial charge in [-0.3, -0.25) is 9.78 Å². The number of nitrogens with one attached hydrogen (secondary N) is 1. The molecule has 0 fully saturated rings. The van der Waals surface area contributed by atoms with Crippen LogP contribution in [0.15, 0.2) is 46.0 Å². The first-order chi connectivity index (χ1) is 15.2. The van der Waals surface area contributed by atoms with Gasteiger partial charge in [0.15, 0.2) is 11.5 Å². The summed E-state index contributed by atoms with van der Waals surface area (Å²) in [6.45, 7) is 1.96. The zero-order chi connectivity index (χ0) is 23.0. The number of rotatable bonds is 5. The number of aromatic nitrogens is 4. The Labute approximate surface area is 183 Å². The molecule has 0 aromatic heterocycles. The number of aromatic amines is 1. The highest BCUT2D eigenvalue weighted by molar-refractivity contribution is 6.32. The molecule has 2 aromatic rings. The highest BCUT2D eigenvalue weighted by Gasteiger charge is 2.30. The van der Waals surface area contributed by atoms with Crippen molar-refractivity contribution in [3.8, 4) is 17.3 Å². The lowest BCUT2D eigenvalue weighted by Gasteiger charge is -2.18. The summed E-state index contributed by atoms with van der Waals surface area (Å²) < 4.78 is 45.9. The van der Waals surface area contributed by atoms with Crippen molar-refractivity contribution in [2.24, 2.45) is 0 Å². The van der Waals surface area contributed by atoms with E-state index in [1.165, 1.54) is 12.1 Å². The van der Waals surface area contributed by atoms with E-state index < -0.39 is 23.0 Å². The third-order valence-corrected chi connectivity index (χ3v) is 5.25. The molecule has 0 unspecified atom stereocenters. The molecule has 0 amide bonds. The summed E-state index contributed by atoms with van der Waals surface area (Å²) in [4.78, 5) is 34.4. The van der Waals surface area contributed by atoms with Crippen LogP contribution in [0.1, 0.15) is 18.1 Å². The van der Waals surface area contributed by atoms with E-state index in [9.17, 15) is 22.8 Å². The Morgan fingerprint density at radius 3 is 2.66 bits per heavy atom. The molecule has 166 valence electrons. The lowest BCUT2D eigenvalue weighted by atomic mass is 10.1. The van der Waals surface area contributed by atoms with E-state index >= 15 is 0 Å². The second-order valence-corrected chi connectivity index (χ2v) is 7.37. The van der Waals surface area contributed by atoms with Crippen LogP contribution in [0.3, 0.4) is 0 Å². The van der Waals surface area contributed by atoms with Crippen molar-refractivity contribution in [1.82, 2.24) is 19.5 Å². The molecule has 32 heavy (non-hydrogen) atoms. The van der Waals surface area contributed by atoms with Crippen LogP contribution in [0, 0.1) is 0 Å². The van der Waals surface area contributed by atoms with Crippen LogP contribution in [0.4, 0.5) is 13.2 Å². The van der Waals surface area contributed by atoms with E-state index in [2.05, 4.69) is 15.0 Å². The molecule has 0 aliphatic carbocycles. The molecule has 0 spiro atoms. The van der Waals surface area contributed by atoms with Gasteiger partial charge < -0.3 is 9.30 Å². The monoisotopic (exact) mass is 464 g/mol. The van der Waals surface area contributed by atoms with E-state index in [1.807, 2.05) is 6.92 Å². The summed E-state index contributed by atoms with van der Waals surface area (Å²) >= 11 is 6.29. The number of hydrogen-bond acceptors (Lipinski definition) is 5. The molecule has 4 rings (SSSR count). The number of halogens is 4. The predicted molar refractivity (Wildman–Crippen MR) is 112 cm³/mol. The SMILES string of the molecule is CCc1cc2c(cc1Cl)nc1c(=O)[nH]c(=O)nc-1n2CCOc1cccc(C(F)(F)F)c1. The molecule has 1 N–H and O–H groups in total. The topological polar surface area (TPSA) is 89.9 Å². The van der Waals surface area contributed by atoms with Crippen molar-refractivity contribution in [3.05, 3.63) is 73.4 Å². The third kappa shape index (κ3) is 4.18. The fourth-order valence-electron chi connectivity index (χ4n) is 3.37. The Balaban J connectivity index is 1.76. The van der Waals surface area contributed by atoms with E-state index in [-0.39, 0.29) is 30.4 Å². The number of aryl methyl sites for hydroxylation is 1. The fraction of sp³-hybridized carbons (Fsp3) is 0.238. The summed E-state index contributed by atoms with van der Waals surface area (Å²) in [5, 5.41) is 0.475. The van der Waals surface area contributed by atoms with Gasteiger partial charge in [0.2, 0.25) is 0 Å². The maximum atomic E-state index is 12.9. The molecular formula is C21H16ClF3N4O3. The van der Waals surface area contributed by atoms with Crippen molar-refractivity contribution in [1.29, 1.82) is 0 Å². The molecule has 11 heteroatoms. The number of H-pyrrole nitrogens is 1. The van der Waals surface area contributed by atoms with Crippen LogP contribution < -0.4 is 16.0 Å². The number of fused-ring (bicyclic) bond motifs is 2. The van der Waals surface area contributed by atoms with Crippen LogP contribution in [0.25, 0.3) is 22.6 Å². The molecule has 7 nitrogen and oxygen atoms in total. The molecular weight excluding hydrogens is 449 g/mol. The molecule has 0 atom stereocenters. The second-order valence-electron chi connectivity index (χ2n) is 6.97. The predicted octanol–water partition coefficient (Wildman–Crippen LogP) is 3.90. The smallest absolute Gasteiger partial charge is 0.416 e. The fourth-order valence-corrected chi connectivity index (χ4v) is 3.66.